The SMILES string of the molecule is COc1c(NC(=O)c2ccc(C)c(Oc3ccnc(NC4CCC(N(C)C)CC4)n3)c2)cc(C(C)(C)C)cc1NS(C)(=O)=O. The van der Waals surface area contributed by atoms with E-state index in [0.29, 0.717) is 40.9 Å². The number of carbonyl (C=O) groups is 1. The Labute approximate surface area is 260 Å². The van der Waals surface area contributed by atoms with E-state index in [1.807, 2.05) is 27.7 Å². The van der Waals surface area contributed by atoms with Crippen LogP contribution in [0.2, 0.25) is 0 Å². The maximum Gasteiger partial charge on any atom is 0.255 e. The first kappa shape index (κ1) is 33.0. The van der Waals surface area contributed by atoms with Crippen LogP contribution in [0.15, 0.2) is 42.6 Å². The molecule has 0 aliphatic heterocycles. The lowest BCUT2D eigenvalue weighted by atomic mass is 9.86. The first-order valence-corrected chi connectivity index (χ1v) is 16.6. The number of hydrogen-bond acceptors (Lipinski definition) is 9. The number of anilines is 3. The Morgan fingerprint density at radius 3 is 2.32 bits per heavy atom. The standard InChI is InChI=1S/C32H44N6O5S/c1-20-9-10-21(30(39)35-25-18-22(32(2,3)4)19-26(29(25)42-7)37-44(8,40)41)17-27(20)43-28-15-16-33-31(36-28)34-23-11-13-24(14-12-23)38(5)6/h9-10,15-19,23-24,37H,11-14H2,1-8H3,(H,35,39)(H,33,34,36). The van der Waals surface area contributed by atoms with Gasteiger partial charge in [0.25, 0.3) is 5.91 Å². The van der Waals surface area contributed by atoms with Crippen LogP contribution in [0.1, 0.15) is 67.9 Å². The number of aromatic nitrogens is 2. The number of nitrogens with one attached hydrogen (secondary N) is 3. The molecule has 1 aliphatic rings. The molecule has 3 aromatic rings. The minimum absolute atomic E-state index is 0.205. The molecule has 1 amide bonds. The van der Waals surface area contributed by atoms with Gasteiger partial charge in [-0.3, -0.25) is 9.52 Å². The number of methoxy groups -OCH3 is 1. The van der Waals surface area contributed by atoms with E-state index in [-0.39, 0.29) is 16.9 Å². The highest BCUT2D eigenvalue weighted by Gasteiger charge is 2.24. The minimum atomic E-state index is -3.60. The molecule has 238 valence electrons. The average Bonchev–Trinajstić information content (AvgIpc) is 2.93. The van der Waals surface area contributed by atoms with E-state index in [1.54, 1.807) is 42.6 Å². The van der Waals surface area contributed by atoms with Gasteiger partial charge in [-0.05, 0) is 87.5 Å². The van der Waals surface area contributed by atoms with Crippen LogP contribution in [0.25, 0.3) is 0 Å². The molecule has 1 heterocycles. The molecule has 1 aromatic heterocycles. The highest BCUT2D eigenvalue weighted by atomic mass is 32.2. The molecule has 1 fully saturated rings. The Balaban J connectivity index is 1.54. The lowest BCUT2D eigenvalue weighted by Gasteiger charge is -2.32. The predicted molar refractivity (Wildman–Crippen MR) is 175 cm³/mol. The van der Waals surface area contributed by atoms with Gasteiger partial charge in [0, 0.05) is 29.9 Å². The Morgan fingerprint density at radius 1 is 1.02 bits per heavy atom. The fourth-order valence-corrected chi connectivity index (χ4v) is 5.75. The molecule has 3 N–H and O–H groups in total. The van der Waals surface area contributed by atoms with Crippen LogP contribution in [0.3, 0.4) is 0 Å². The molecular weight excluding hydrogens is 580 g/mol. The smallest absolute Gasteiger partial charge is 0.255 e. The van der Waals surface area contributed by atoms with Gasteiger partial charge in [0.2, 0.25) is 21.9 Å². The second-order valence-electron chi connectivity index (χ2n) is 12.6. The van der Waals surface area contributed by atoms with Gasteiger partial charge in [-0.25, -0.2) is 13.4 Å². The van der Waals surface area contributed by atoms with Gasteiger partial charge < -0.3 is 25.0 Å². The third kappa shape index (κ3) is 8.60. The molecular formula is C32H44N6O5S. The van der Waals surface area contributed by atoms with E-state index in [1.165, 1.54) is 7.11 Å². The van der Waals surface area contributed by atoms with Crippen molar-refractivity contribution in [1.29, 1.82) is 0 Å². The summed E-state index contributed by atoms with van der Waals surface area (Å²) in [4.78, 5) is 24.7. The molecule has 0 bridgehead atoms. The maximum atomic E-state index is 13.5. The van der Waals surface area contributed by atoms with Crippen LogP contribution in [0, 0.1) is 6.92 Å². The molecule has 11 nitrogen and oxygen atoms in total. The lowest BCUT2D eigenvalue weighted by molar-refractivity contribution is 0.102. The van der Waals surface area contributed by atoms with Gasteiger partial charge in [0.1, 0.15) is 5.75 Å². The highest BCUT2D eigenvalue weighted by molar-refractivity contribution is 7.92. The topological polar surface area (TPSA) is 135 Å². The van der Waals surface area contributed by atoms with Crippen molar-refractivity contribution in [3.05, 3.63) is 59.3 Å². The van der Waals surface area contributed by atoms with Crippen LogP contribution in [-0.2, 0) is 15.4 Å². The quantitative estimate of drug-likeness (QED) is 0.256. The van der Waals surface area contributed by atoms with Gasteiger partial charge in [-0.15, -0.1) is 0 Å². The molecule has 4 rings (SSSR count). The zero-order valence-electron chi connectivity index (χ0n) is 26.8. The van der Waals surface area contributed by atoms with Crippen LogP contribution in [0.5, 0.6) is 17.4 Å². The maximum absolute atomic E-state index is 13.5. The molecule has 0 saturated heterocycles. The summed E-state index contributed by atoms with van der Waals surface area (Å²) < 4.78 is 38.3. The Bertz CT molecular complexity index is 1600. The fraction of sp³-hybridized carbons (Fsp3) is 0.469. The Kier molecular flexibility index (Phi) is 10.0. The largest absolute Gasteiger partial charge is 0.492 e. The third-order valence-electron chi connectivity index (χ3n) is 7.76. The zero-order valence-corrected chi connectivity index (χ0v) is 27.6. The summed E-state index contributed by atoms with van der Waals surface area (Å²) in [5.74, 6) is 1.14. The van der Waals surface area contributed by atoms with Crippen LogP contribution < -0.4 is 24.8 Å². The molecule has 2 aromatic carbocycles. The summed E-state index contributed by atoms with van der Waals surface area (Å²) in [6, 6.07) is 11.2. The number of aryl methyl sites for hydroxylation is 1. The normalized spacial score (nSPS) is 17.2. The van der Waals surface area contributed by atoms with Gasteiger partial charge in [0.15, 0.2) is 5.75 Å². The van der Waals surface area contributed by atoms with E-state index in [9.17, 15) is 13.2 Å². The zero-order chi connectivity index (χ0) is 32.2. The van der Waals surface area contributed by atoms with E-state index >= 15 is 0 Å². The second-order valence-corrected chi connectivity index (χ2v) is 14.3. The monoisotopic (exact) mass is 624 g/mol. The third-order valence-corrected chi connectivity index (χ3v) is 8.35. The molecule has 0 radical (unpaired) electrons. The van der Waals surface area contributed by atoms with Gasteiger partial charge in [-0.2, -0.15) is 4.98 Å². The number of sulfonamides is 1. The molecule has 0 atom stereocenters. The first-order chi connectivity index (χ1) is 20.6. The molecule has 12 heteroatoms. The van der Waals surface area contributed by atoms with Gasteiger partial charge in [-0.1, -0.05) is 26.8 Å². The number of amides is 1. The van der Waals surface area contributed by atoms with Crippen molar-refractivity contribution in [3.63, 3.8) is 0 Å². The van der Waals surface area contributed by atoms with Crippen molar-refractivity contribution in [2.24, 2.45) is 0 Å². The number of carbonyl (C=O) groups excluding carboxylic acids is 1. The van der Waals surface area contributed by atoms with Crippen LogP contribution in [0.4, 0.5) is 17.3 Å². The second kappa shape index (κ2) is 13.4. The van der Waals surface area contributed by atoms with E-state index in [2.05, 4.69) is 44.3 Å². The highest BCUT2D eigenvalue weighted by Crippen LogP contribution is 2.39. The summed E-state index contributed by atoms with van der Waals surface area (Å²) in [6.45, 7) is 7.88. The predicted octanol–water partition coefficient (Wildman–Crippen LogP) is 5.79. The van der Waals surface area contributed by atoms with Crippen molar-refractivity contribution in [1.82, 2.24) is 14.9 Å². The number of ether oxygens (including phenoxy) is 2. The van der Waals surface area contributed by atoms with Crippen molar-refractivity contribution in [2.45, 2.75) is 70.9 Å². The van der Waals surface area contributed by atoms with Crippen LogP contribution in [-0.4, -0.2) is 68.7 Å². The number of rotatable bonds is 10. The number of benzene rings is 2. The summed E-state index contributed by atoms with van der Waals surface area (Å²) in [5.41, 5.74) is 2.23. The molecule has 44 heavy (non-hydrogen) atoms. The number of hydrogen-bond donors (Lipinski definition) is 3. The van der Waals surface area contributed by atoms with Crippen molar-refractivity contribution in [2.75, 3.05) is 42.8 Å². The van der Waals surface area contributed by atoms with Crippen molar-refractivity contribution in [3.8, 4) is 17.4 Å². The molecule has 1 saturated carbocycles. The average molecular weight is 625 g/mol. The van der Waals surface area contributed by atoms with E-state index in [0.717, 1.165) is 43.1 Å². The van der Waals surface area contributed by atoms with Gasteiger partial charge >= 0.3 is 0 Å². The van der Waals surface area contributed by atoms with Crippen LogP contribution >= 0.6 is 0 Å². The van der Waals surface area contributed by atoms with E-state index < -0.39 is 15.9 Å². The van der Waals surface area contributed by atoms with E-state index in [4.69, 9.17) is 9.47 Å². The minimum Gasteiger partial charge on any atom is -0.492 e. The number of nitrogens with zero attached hydrogens (tertiary/aromatic N) is 3. The van der Waals surface area contributed by atoms with Crippen molar-refractivity contribution >= 4 is 33.3 Å². The van der Waals surface area contributed by atoms with Crippen molar-refractivity contribution < 1.29 is 22.7 Å². The fourth-order valence-electron chi connectivity index (χ4n) is 5.20. The summed E-state index contributed by atoms with van der Waals surface area (Å²) in [5, 5.41) is 6.34. The summed E-state index contributed by atoms with van der Waals surface area (Å²) >= 11 is 0. The summed E-state index contributed by atoms with van der Waals surface area (Å²) in [7, 11) is 2.07. The summed E-state index contributed by atoms with van der Waals surface area (Å²) in [6.07, 6.45) is 7.05. The molecule has 0 spiro atoms. The first-order valence-electron chi connectivity index (χ1n) is 14.7. The van der Waals surface area contributed by atoms with Gasteiger partial charge in [0.05, 0.1) is 24.7 Å². The Hall–Kier alpha value is -3.90. The Morgan fingerprint density at radius 2 is 1.70 bits per heavy atom. The molecule has 0 unspecified atom stereocenters. The molecule has 1 aliphatic carbocycles. The lowest BCUT2D eigenvalue weighted by Crippen LogP contribution is -2.36.